The predicted molar refractivity (Wildman–Crippen MR) is 119 cm³/mol. The fourth-order valence-electron chi connectivity index (χ4n) is 3.41. The van der Waals surface area contributed by atoms with E-state index in [1.54, 1.807) is 28.4 Å². The van der Waals surface area contributed by atoms with Crippen molar-refractivity contribution in [1.82, 2.24) is 20.2 Å². The number of nitrogens with one attached hydrogen (secondary N) is 2. The standard InChI is InChI=1S/C22H29N5O3/c1-15-26-17-8-6-7-9-18(17)27(15)11-10-24-22(23-2)25-14-16-12-19(28-3)21(30-5)20(13-16)29-4/h6-9,12-13H,10-11,14H2,1-5H3,(H2,23,24,25). The Morgan fingerprint density at radius 2 is 1.73 bits per heavy atom. The van der Waals surface area contributed by atoms with Crippen molar-refractivity contribution in [2.45, 2.75) is 20.0 Å². The summed E-state index contributed by atoms with van der Waals surface area (Å²) in [6.07, 6.45) is 0. The maximum absolute atomic E-state index is 5.42. The van der Waals surface area contributed by atoms with E-state index in [2.05, 4.69) is 31.2 Å². The number of methoxy groups -OCH3 is 3. The van der Waals surface area contributed by atoms with Crippen molar-refractivity contribution in [2.24, 2.45) is 4.99 Å². The summed E-state index contributed by atoms with van der Waals surface area (Å²) in [4.78, 5) is 8.92. The Morgan fingerprint density at radius 3 is 2.37 bits per heavy atom. The highest BCUT2D eigenvalue weighted by Crippen LogP contribution is 2.38. The summed E-state index contributed by atoms with van der Waals surface area (Å²) in [6, 6.07) is 12.0. The van der Waals surface area contributed by atoms with E-state index in [9.17, 15) is 0 Å². The van der Waals surface area contributed by atoms with E-state index in [-0.39, 0.29) is 0 Å². The summed E-state index contributed by atoms with van der Waals surface area (Å²) in [6.45, 7) is 4.09. The van der Waals surface area contributed by atoms with Crippen LogP contribution in [0.4, 0.5) is 0 Å². The molecule has 2 N–H and O–H groups in total. The zero-order valence-corrected chi connectivity index (χ0v) is 18.2. The molecule has 0 aliphatic rings. The van der Waals surface area contributed by atoms with Gasteiger partial charge in [-0.25, -0.2) is 4.98 Å². The SMILES string of the molecule is CN=C(NCCn1c(C)nc2ccccc21)NCc1cc(OC)c(OC)c(OC)c1. The first-order valence-corrected chi connectivity index (χ1v) is 9.76. The molecule has 0 amide bonds. The molecular formula is C22H29N5O3. The Morgan fingerprint density at radius 1 is 1.03 bits per heavy atom. The second-order valence-corrected chi connectivity index (χ2v) is 6.69. The highest BCUT2D eigenvalue weighted by atomic mass is 16.5. The first-order chi connectivity index (χ1) is 14.6. The topological polar surface area (TPSA) is 81.9 Å². The Kier molecular flexibility index (Phi) is 7.00. The molecule has 0 fully saturated rings. The summed E-state index contributed by atoms with van der Waals surface area (Å²) in [5.74, 6) is 3.54. The van der Waals surface area contributed by atoms with Gasteiger partial charge in [-0.3, -0.25) is 4.99 Å². The second kappa shape index (κ2) is 9.87. The minimum absolute atomic E-state index is 0.559. The molecular weight excluding hydrogens is 382 g/mol. The van der Waals surface area contributed by atoms with E-state index in [4.69, 9.17) is 14.2 Å². The number of ether oxygens (including phenoxy) is 3. The zero-order chi connectivity index (χ0) is 21.5. The number of aryl methyl sites for hydroxylation is 1. The van der Waals surface area contributed by atoms with Gasteiger partial charge in [-0.1, -0.05) is 12.1 Å². The zero-order valence-electron chi connectivity index (χ0n) is 18.2. The molecule has 0 saturated heterocycles. The van der Waals surface area contributed by atoms with Crippen LogP contribution in [-0.4, -0.2) is 50.4 Å². The molecule has 0 bridgehead atoms. The van der Waals surface area contributed by atoms with E-state index in [1.807, 2.05) is 37.3 Å². The molecule has 30 heavy (non-hydrogen) atoms. The Balaban J connectivity index is 1.61. The van der Waals surface area contributed by atoms with Crippen LogP contribution in [0.25, 0.3) is 11.0 Å². The molecule has 0 aliphatic carbocycles. The third-order valence-electron chi connectivity index (χ3n) is 4.88. The van der Waals surface area contributed by atoms with Crippen LogP contribution >= 0.6 is 0 Å². The normalized spacial score (nSPS) is 11.4. The molecule has 0 aliphatic heterocycles. The van der Waals surface area contributed by atoms with Gasteiger partial charge in [0.2, 0.25) is 5.75 Å². The van der Waals surface area contributed by atoms with Gasteiger partial charge in [0, 0.05) is 26.7 Å². The molecule has 0 unspecified atom stereocenters. The van der Waals surface area contributed by atoms with Crippen molar-refractivity contribution in [2.75, 3.05) is 34.9 Å². The molecule has 0 saturated carbocycles. The average molecular weight is 412 g/mol. The van der Waals surface area contributed by atoms with Gasteiger partial charge in [-0.05, 0) is 36.8 Å². The number of rotatable bonds is 8. The monoisotopic (exact) mass is 411 g/mol. The number of guanidine groups is 1. The molecule has 0 spiro atoms. The molecule has 1 aromatic heterocycles. The number of aromatic nitrogens is 2. The molecule has 0 atom stereocenters. The first-order valence-electron chi connectivity index (χ1n) is 9.76. The third-order valence-corrected chi connectivity index (χ3v) is 4.88. The van der Waals surface area contributed by atoms with Gasteiger partial charge < -0.3 is 29.4 Å². The minimum Gasteiger partial charge on any atom is -0.493 e. The van der Waals surface area contributed by atoms with Gasteiger partial charge in [-0.15, -0.1) is 0 Å². The van der Waals surface area contributed by atoms with E-state index >= 15 is 0 Å². The summed E-state index contributed by atoms with van der Waals surface area (Å²) in [5, 5.41) is 6.67. The number of aliphatic imine (C=N–C) groups is 1. The lowest BCUT2D eigenvalue weighted by atomic mass is 10.2. The molecule has 8 nitrogen and oxygen atoms in total. The summed E-state index contributed by atoms with van der Waals surface area (Å²) in [5.41, 5.74) is 3.14. The maximum atomic E-state index is 5.42. The van der Waals surface area contributed by atoms with Crippen molar-refractivity contribution in [3.63, 3.8) is 0 Å². The first kappa shape index (κ1) is 21.3. The molecule has 3 aromatic rings. The summed E-state index contributed by atoms with van der Waals surface area (Å²) < 4.78 is 18.4. The number of nitrogens with zero attached hydrogens (tertiary/aromatic N) is 3. The lowest BCUT2D eigenvalue weighted by Gasteiger charge is -2.16. The van der Waals surface area contributed by atoms with Gasteiger partial charge >= 0.3 is 0 Å². The highest BCUT2D eigenvalue weighted by Gasteiger charge is 2.13. The molecule has 2 aromatic carbocycles. The van der Waals surface area contributed by atoms with Gasteiger partial charge in [-0.2, -0.15) is 0 Å². The van der Waals surface area contributed by atoms with Gasteiger partial charge in [0.1, 0.15) is 5.82 Å². The number of hydrogen-bond acceptors (Lipinski definition) is 5. The largest absolute Gasteiger partial charge is 0.493 e. The van der Waals surface area contributed by atoms with Crippen molar-refractivity contribution < 1.29 is 14.2 Å². The van der Waals surface area contributed by atoms with Crippen LogP contribution in [0, 0.1) is 6.92 Å². The van der Waals surface area contributed by atoms with E-state index < -0.39 is 0 Å². The molecule has 0 radical (unpaired) electrons. The minimum atomic E-state index is 0.559. The van der Waals surface area contributed by atoms with Crippen LogP contribution in [0.15, 0.2) is 41.4 Å². The van der Waals surface area contributed by atoms with Crippen molar-refractivity contribution >= 4 is 17.0 Å². The number of fused-ring (bicyclic) bond motifs is 1. The summed E-state index contributed by atoms with van der Waals surface area (Å²) in [7, 11) is 6.56. The summed E-state index contributed by atoms with van der Waals surface area (Å²) >= 11 is 0. The number of imidazole rings is 1. The van der Waals surface area contributed by atoms with Crippen LogP contribution in [-0.2, 0) is 13.1 Å². The van der Waals surface area contributed by atoms with Crippen LogP contribution in [0.3, 0.4) is 0 Å². The average Bonchev–Trinajstić information content (AvgIpc) is 3.10. The van der Waals surface area contributed by atoms with Crippen LogP contribution in [0.2, 0.25) is 0 Å². The predicted octanol–water partition coefficient (Wildman–Crippen LogP) is 2.74. The fourth-order valence-corrected chi connectivity index (χ4v) is 3.41. The number of para-hydroxylation sites is 2. The second-order valence-electron chi connectivity index (χ2n) is 6.69. The smallest absolute Gasteiger partial charge is 0.203 e. The van der Waals surface area contributed by atoms with Gasteiger partial charge in [0.15, 0.2) is 17.5 Å². The van der Waals surface area contributed by atoms with E-state index in [0.29, 0.717) is 29.8 Å². The Labute approximate surface area is 176 Å². The quantitative estimate of drug-likeness (QED) is 0.438. The molecule has 8 heteroatoms. The van der Waals surface area contributed by atoms with Crippen LogP contribution in [0.1, 0.15) is 11.4 Å². The molecule has 1 heterocycles. The van der Waals surface area contributed by atoms with E-state index in [0.717, 1.165) is 35.5 Å². The lowest BCUT2D eigenvalue weighted by molar-refractivity contribution is 0.323. The van der Waals surface area contributed by atoms with Crippen LogP contribution in [0.5, 0.6) is 17.2 Å². The van der Waals surface area contributed by atoms with Crippen molar-refractivity contribution in [3.8, 4) is 17.2 Å². The van der Waals surface area contributed by atoms with Gasteiger partial charge in [0.25, 0.3) is 0 Å². The fraction of sp³-hybridized carbons (Fsp3) is 0.364. The Bertz CT molecular complexity index is 1000. The van der Waals surface area contributed by atoms with Gasteiger partial charge in [0.05, 0.1) is 32.4 Å². The highest BCUT2D eigenvalue weighted by molar-refractivity contribution is 5.79. The molecule has 3 rings (SSSR count). The third kappa shape index (κ3) is 4.59. The maximum Gasteiger partial charge on any atom is 0.203 e. The number of hydrogen-bond donors (Lipinski definition) is 2. The van der Waals surface area contributed by atoms with Crippen molar-refractivity contribution in [3.05, 3.63) is 47.8 Å². The lowest BCUT2D eigenvalue weighted by Crippen LogP contribution is -2.38. The van der Waals surface area contributed by atoms with Crippen molar-refractivity contribution in [1.29, 1.82) is 0 Å². The molecule has 160 valence electrons. The van der Waals surface area contributed by atoms with Crippen LogP contribution < -0.4 is 24.8 Å². The Hall–Kier alpha value is -3.42. The number of benzene rings is 2. The van der Waals surface area contributed by atoms with E-state index in [1.165, 1.54) is 0 Å².